The van der Waals surface area contributed by atoms with Gasteiger partial charge in [0.2, 0.25) is 0 Å². The van der Waals surface area contributed by atoms with Crippen LogP contribution in [0.5, 0.6) is 0 Å². The van der Waals surface area contributed by atoms with Crippen molar-refractivity contribution in [1.82, 2.24) is 4.90 Å². The Kier molecular flexibility index (Phi) is 5.56. The quantitative estimate of drug-likeness (QED) is 0.694. The second kappa shape index (κ2) is 6.15. The van der Waals surface area contributed by atoms with Crippen LogP contribution in [0.1, 0.15) is 27.7 Å². The zero-order valence-electron chi connectivity index (χ0n) is 10.4. The molecule has 0 aromatic heterocycles. The molecule has 0 saturated heterocycles. The van der Waals surface area contributed by atoms with E-state index >= 15 is 0 Å². The van der Waals surface area contributed by atoms with Gasteiger partial charge in [-0.25, -0.2) is 4.79 Å². The summed E-state index contributed by atoms with van der Waals surface area (Å²) in [7, 11) is 1.27. The van der Waals surface area contributed by atoms with Crippen LogP contribution in [0.15, 0.2) is 12.3 Å². The fourth-order valence-corrected chi connectivity index (χ4v) is 0.882. The van der Waals surface area contributed by atoms with Crippen molar-refractivity contribution in [2.24, 2.45) is 0 Å². The van der Waals surface area contributed by atoms with E-state index in [-0.39, 0.29) is 6.54 Å². The predicted molar refractivity (Wildman–Crippen MR) is 59.8 cm³/mol. The number of hydrogen-bond donors (Lipinski definition) is 0. The van der Waals surface area contributed by atoms with Crippen LogP contribution < -0.4 is 0 Å². The van der Waals surface area contributed by atoms with Crippen molar-refractivity contribution in [3.63, 3.8) is 0 Å². The number of amides is 1. The maximum Gasteiger partial charge on any atom is 0.414 e. The van der Waals surface area contributed by atoms with Gasteiger partial charge < -0.3 is 9.47 Å². The molecule has 16 heavy (non-hydrogen) atoms. The van der Waals surface area contributed by atoms with Crippen molar-refractivity contribution in [2.75, 3.05) is 13.7 Å². The Hall–Kier alpha value is -1.52. The second-order valence-corrected chi connectivity index (χ2v) is 4.17. The topological polar surface area (TPSA) is 55.8 Å². The number of hydrogen-bond acceptors (Lipinski definition) is 4. The Morgan fingerprint density at radius 2 is 1.88 bits per heavy atom. The Bertz CT molecular complexity index is 278. The van der Waals surface area contributed by atoms with E-state index in [0.717, 1.165) is 4.90 Å². The highest BCUT2D eigenvalue weighted by molar-refractivity contribution is 5.78. The van der Waals surface area contributed by atoms with Crippen molar-refractivity contribution in [1.29, 1.82) is 0 Å². The maximum absolute atomic E-state index is 11.6. The minimum absolute atomic E-state index is 0.157. The summed E-state index contributed by atoms with van der Waals surface area (Å²) in [5.41, 5.74) is -0.590. The molecule has 0 atom stereocenters. The number of esters is 1. The van der Waals surface area contributed by atoms with Gasteiger partial charge in [-0.3, -0.25) is 9.69 Å². The summed E-state index contributed by atoms with van der Waals surface area (Å²) in [6.45, 7) is 6.87. The lowest BCUT2D eigenvalue weighted by molar-refractivity contribution is -0.141. The minimum Gasteiger partial charge on any atom is -0.468 e. The predicted octanol–water partition coefficient (Wildman–Crippen LogP) is 1.93. The molecule has 0 unspecified atom stereocenters. The van der Waals surface area contributed by atoms with Gasteiger partial charge in [-0.15, -0.1) is 0 Å². The molecule has 0 radical (unpaired) electrons. The van der Waals surface area contributed by atoms with Crippen LogP contribution in [0.2, 0.25) is 0 Å². The van der Waals surface area contributed by atoms with E-state index in [1.54, 1.807) is 33.8 Å². The van der Waals surface area contributed by atoms with Crippen LogP contribution in [0, 0.1) is 0 Å². The third kappa shape index (κ3) is 6.06. The molecule has 92 valence electrons. The van der Waals surface area contributed by atoms with Gasteiger partial charge in [-0.05, 0) is 27.7 Å². The standard InChI is InChI=1S/C11H19NO4/c1-6-7-12(8-9(13)15-5)10(14)16-11(2,3)4/h6-7H,8H2,1-5H3/b7-6-. The maximum atomic E-state index is 11.6. The van der Waals surface area contributed by atoms with Crippen molar-refractivity contribution in [2.45, 2.75) is 33.3 Å². The molecule has 0 rings (SSSR count). The van der Waals surface area contributed by atoms with Gasteiger partial charge in [0, 0.05) is 6.20 Å². The average Bonchev–Trinajstić information content (AvgIpc) is 2.14. The molecule has 0 aliphatic heterocycles. The third-order valence-corrected chi connectivity index (χ3v) is 1.48. The lowest BCUT2D eigenvalue weighted by Crippen LogP contribution is -2.36. The van der Waals surface area contributed by atoms with E-state index in [0.29, 0.717) is 0 Å². The van der Waals surface area contributed by atoms with Gasteiger partial charge in [0.15, 0.2) is 0 Å². The van der Waals surface area contributed by atoms with E-state index in [1.807, 2.05) is 0 Å². The van der Waals surface area contributed by atoms with E-state index < -0.39 is 17.7 Å². The smallest absolute Gasteiger partial charge is 0.414 e. The van der Waals surface area contributed by atoms with Crippen LogP contribution in [0.3, 0.4) is 0 Å². The zero-order valence-corrected chi connectivity index (χ0v) is 10.4. The Balaban J connectivity index is 4.53. The van der Waals surface area contributed by atoms with Crippen LogP contribution in [0.25, 0.3) is 0 Å². The van der Waals surface area contributed by atoms with Crippen LogP contribution in [0.4, 0.5) is 4.79 Å². The molecule has 5 nitrogen and oxygen atoms in total. The number of nitrogens with zero attached hydrogens (tertiary/aromatic N) is 1. The molecular weight excluding hydrogens is 210 g/mol. The Morgan fingerprint density at radius 1 is 1.31 bits per heavy atom. The van der Waals surface area contributed by atoms with Gasteiger partial charge in [0.05, 0.1) is 7.11 Å². The van der Waals surface area contributed by atoms with Crippen LogP contribution in [-0.2, 0) is 14.3 Å². The Labute approximate surface area is 96.0 Å². The molecule has 5 heteroatoms. The highest BCUT2D eigenvalue weighted by atomic mass is 16.6. The summed E-state index contributed by atoms with van der Waals surface area (Å²) in [5, 5.41) is 0. The average molecular weight is 229 g/mol. The Morgan fingerprint density at radius 3 is 2.25 bits per heavy atom. The molecule has 0 aliphatic rings. The fraction of sp³-hybridized carbons (Fsp3) is 0.636. The minimum atomic E-state index is -0.590. The van der Waals surface area contributed by atoms with Crippen molar-refractivity contribution in [3.8, 4) is 0 Å². The van der Waals surface area contributed by atoms with E-state index in [2.05, 4.69) is 4.74 Å². The molecule has 0 fully saturated rings. The third-order valence-electron chi connectivity index (χ3n) is 1.48. The molecule has 0 saturated carbocycles. The number of ether oxygens (including phenoxy) is 2. The van der Waals surface area contributed by atoms with Crippen molar-refractivity contribution in [3.05, 3.63) is 12.3 Å². The summed E-state index contributed by atoms with van der Waals surface area (Å²) in [6, 6.07) is 0. The second-order valence-electron chi connectivity index (χ2n) is 4.17. The molecule has 0 aromatic carbocycles. The number of allylic oxidation sites excluding steroid dienone is 1. The largest absolute Gasteiger partial charge is 0.468 e. The first-order valence-electron chi connectivity index (χ1n) is 4.99. The molecule has 0 N–H and O–H groups in total. The normalized spacial score (nSPS) is 11.3. The fourth-order valence-electron chi connectivity index (χ4n) is 0.882. The van der Waals surface area contributed by atoms with E-state index in [4.69, 9.17) is 4.74 Å². The number of methoxy groups -OCH3 is 1. The lowest BCUT2D eigenvalue weighted by Gasteiger charge is -2.24. The number of carbonyl (C=O) groups is 2. The first-order chi connectivity index (χ1) is 7.30. The highest BCUT2D eigenvalue weighted by Crippen LogP contribution is 2.10. The summed E-state index contributed by atoms with van der Waals surface area (Å²) in [6.07, 6.45) is 2.55. The van der Waals surface area contributed by atoms with Gasteiger partial charge in [-0.1, -0.05) is 6.08 Å². The molecule has 0 heterocycles. The number of rotatable bonds is 3. The monoisotopic (exact) mass is 229 g/mol. The lowest BCUT2D eigenvalue weighted by atomic mass is 10.2. The summed E-state index contributed by atoms with van der Waals surface area (Å²) >= 11 is 0. The van der Waals surface area contributed by atoms with Crippen molar-refractivity contribution >= 4 is 12.1 Å². The van der Waals surface area contributed by atoms with Gasteiger partial charge >= 0.3 is 12.1 Å². The molecule has 0 aromatic rings. The number of carbonyl (C=O) groups excluding carboxylic acids is 2. The van der Waals surface area contributed by atoms with Crippen molar-refractivity contribution < 1.29 is 19.1 Å². The van der Waals surface area contributed by atoms with Gasteiger partial charge in [-0.2, -0.15) is 0 Å². The molecule has 1 amide bonds. The highest BCUT2D eigenvalue weighted by Gasteiger charge is 2.22. The van der Waals surface area contributed by atoms with Gasteiger partial charge in [0.25, 0.3) is 0 Å². The van der Waals surface area contributed by atoms with E-state index in [1.165, 1.54) is 13.3 Å². The molecule has 0 spiro atoms. The molecule has 0 aliphatic carbocycles. The molecular formula is C11H19NO4. The summed E-state index contributed by atoms with van der Waals surface area (Å²) in [4.78, 5) is 23.9. The van der Waals surface area contributed by atoms with Crippen LogP contribution in [-0.4, -0.2) is 36.2 Å². The van der Waals surface area contributed by atoms with E-state index in [9.17, 15) is 9.59 Å². The first kappa shape index (κ1) is 14.5. The van der Waals surface area contributed by atoms with Gasteiger partial charge in [0.1, 0.15) is 12.1 Å². The SMILES string of the molecule is C/C=C\N(CC(=O)OC)C(=O)OC(C)(C)C. The summed E-state index contributed by atoms with van der Waals surface area (Å²) in [5.74, 6) is -0.496. The first-order valence-corrected chi connectivity index (χ1v) is 4.99. The molecule has 0 bridgehead atoms. The zero-order chi connectivity index (χ0) is 12.8. The summed E-state index contributed by atoms with van der Waals surface area (Å²) < 4.78 is 9.61. The van der Waals surface area contributed by atoms with Crippen LogP contribution >= 0.6 is 0 Å².